The van der Waals surface area contributed by atoms with E-state index in [1.54, 1.807) is 12.3 Å². The molecule has 4 heteroatoms. The van der Waals surface area contributed by atoms with Crippen LogP contribution in [0.25, 0.3) is 0 Å². The van der Waals surface area contributed by atoms with E-state index in [-0.39, 0.29) is 6.73 Å². The fraction of sp³-hybridized carbons (Fsp3) is 0.250. The van der Waals surface area contributed by atoms with Crippen molar-refractivity contribution in [3.8, 4) is 5.88 Å². The molecule has 0 saturated carbocycles. The molecule has 1 aromatic heterocycles. The van der Waals surface area contributed by atoms with Gasteiger partial charge in [-0.2, -0.15) is 5.10 Å². The molecule has 0 aliphatic heterocycles. The zero-order chi connectivity index (χ0) is 5.82. The predicted molar refractivity (Wildman–Crippen MR) is 28.3 cm³/mol. The van der Waals surface area contributed by atoms with Gasteiger partial charge in [-0.1, -0.05) is 0 Å². The highest BCUT2D eigenvalue weighted by Gasteiger charge is 1.86. The largest absolute Gasteiger partial charge is 0.462 e. The highest BCUT2D eigenvalue weighted by Crippen LogP contribution is 1.99. The third kappa shape index (κ3) is 0.974. The molecule has 8 heavy (non-hydrogen) atoms. The van der Waals surface area contributed by atoms with Crippen molar-refractivity contribution in [2.75, 3.05) is 6.73 Å². The summed E-state index contributed by atoms with van der Waals surface area (Å²) in [5.41, 5.74) is 5.05. The lowest BCUT2D eigenvalue weighted by Gasteiger charge is -1.93. The Morgan fingerprint density at radius 1 is 1.88 bits per heavy atom. The van der Waals surface area contributed by atoms with Gasteiger partial charge in [0.15, 0.2) is 0 Å². The third-order valence-corrected chi connectivity index (χ3v) is 0.714. The quantitative estimate of drug-likeness (QED) is 0.518. The van der Waals surface area contributed by atoms with Gasteiger partial charge in [0.05, 0.1) is 6.20 Å². The standard InChI is InChI=1S/C4H7N3O/c5-3-8-4-1-2-6-7-4/h1-2H,3,5H2,(H,6,7). The van der Waals surface area contributed by atoms with Crippen molar-refractivity contribution >= 4 is 0 Å². The number of nitrogens with zero attached hydrogens (tertiary/aromatic N) is 1. The summed E-state index contributed by atoms with van der Waals surface area (Å²) in [6.45, 7) is 0.183. The smallest absolute Gasteiger partial charge is 0.210 e. The average molecular weight is 113 g/mol. The first-order valence-corrected chi connectivity index (χ1v) is 2.25. The van der Waals surface area contributed by atoms with E-state index in [9.17, 15) is 0 Å². The van der Waals surface area contributed by atoms with E-state index >= 15 is 0 Å². The zero-order valence-corrected chi connectivity index (χ0v) is 4.29. The normalized spacial score (nSPS) is 9.12. The van der Waals surface area contributed by atoms with Crippen molar-refractivity contribution in [1.82, 2.24) is 10.2 Å². The van der Waals surface area contributed by atoms with Gasteiger partial charge in [0.25, 0.3) is 0 Å². The van der Waals surface area contributed by atoms with Gasteiger partial charge in [-0.3, -0.25) is 5.73 Å². The number of nitrogens with two attached hydrogens (primary N) is 1. The number of H-pyrrole nitrogens is 1. The van der Waals surface area contributed by atoms with E-state index in [4.69, 9.17) is 10.5 Å². The van der Waals surface area contributed by atoms with Crippen molar-refractivity contribution in [1.29, 1.82) is 0 Å². The van der Waals surface area contributed by atoms with Crippen LogP contribution in [-0.2, 0) is 0 Å². The highest BCUT2D eigenvalue weighted by atomic mass is 16.5. The summed E-state index contributed by atoms with van der Waals surface area (Å²) >= 11 is 0. The molecule has 3 N–H and O–H groups in total. The van der Waals surface area contributed by atoms with E-state index in [1.807, 2.05) is 0 Å². The second kappa shape index (κ2) is 2.32. The SMILES string of the molecule is NCOc1ccn[nH]1. The van der Waals surface area contributed by atoms with Crippen LogP contribution in [0.4, 0.5) is 0 Å². The van der Waals surface area contributed by atoms with Crippen LogP contribution in [0.15, 0.2) is 12.3 Å². The minimum atomic E-state index is 0.183. The fourth-order valence-electron chi connectivity index (χ4n) is 0.413. The van der Waals surface area contributed by atoms with Crippen LogP contribution in [0.3, 0.4) is 0 Å². The number of aromatic amines is 1. The summed E-state index contributed by atoms with van der Waals surface area (Å²) in [4.78, 5) is 0. The van der Waals surface area contributed by atoms with Gasteiger partial charge in [0.2, 0.25) is 5.88 Å². The summed E-state index contributed by atoms with van der Waals surface area (Å²) in [5, 5.41) is 6.22. The Morgan fingerprint density at radius 2 is 2.75 bits per heavy atom. The van der Waals surface area contributed by atoms with Crippen LogP contribution in [0.2, 0.25) is 0 Å². The molecule has 0 fully saturated rings. The fourth-order valence-corrected chi connectivity index (χ4v) is 0.413. The van der Waals surface area contributed by atoms with E-state index in [0.29, 0.717) is 5.88 Å². The summed E-state index contributed by atoms with van der Waals surface area (Å²) in [5.74, 6) is 0.604. The molecule has 0 aliphatic rings. The van der Waals surface area contributed by atoms with Crippen molar-refractivity contribution in [3.63, 3.8) is 0 Å². The maximum Gasteiger partial charge on any atom is 0.210 e. The maximum atomic E-state index is 5.05. The molecule has 4 nitrogen and oxygen atoms in total. The molecular formula is C4H7N3O. The molecule has 0 radical (unpaired) electrons. The number of hydrogen-bond donors (Lipinski definition) is 2. The Kier molecular flexibility index (Phi) is 1.48. The Morgan fingerprint density at radius 3 is 3.25 bits per heavy atom. The Labute approximate surface area is 46.6 Å². The van der Waals surface area contributed by atoms with Crippen molar-refractivity contribution in [2.24, 2.45) is 5.73 Å². The Balaban J connectivity index is 2.50. The number of rotatable bonds is 2. The molecule has 0 saturated heterocycles. The second-order valence-electron chi connectivity index (χ2n) is 1.23. The molecule has 0 spiro atoms. The van der Waals surface area contributed by atoms with Gasteiger partial charge in [0, 0.05) is 6.07 Å². The average Bonchev–Trinajstić information content (AvgIpc) is 2.19. The van der Waals surface area contributed by atoms with E-state index in [1.165, 1.54) is 0 Å². The molecule has 0 bridgehead atoms. The molecule has 1 aromatic rings. The number of ether oxygens (including phenoxy) is 1. The van der Waals surface area contributed by atoms with Crippen molar-refractivity contribution in [2.45, 2.75) is 0 Å². The molecule has 0 aliphatic carbocycles. The van der Waals surface area contributed by atoms with E-state index < -0.39 is 0 Å². The van der Waals surface area contributed by atoms with Crippen LogP contribution < -0.4 is 10.5 Å². The molecule has 44 valence electrons. The van der Waals surface area contributed by atoms with Crippen LogP contribution >= 0.6 is 0 Å². The van der Waals surface area contributed by atoms with Crippen molar-refractivity contribution < 1.29 is 4.74 Å². The zero-order valence-electron chi connectivity index (χ0n) is 4.29. The van der Waals surface area contributed by atoms with Crippen LogP contribution in [0, 0.1) is 0 Å². The lowest BCUT2D eigenvalue weighted by Crippen LogP contribution is -2.07. The van der Waals surface area contributed by atoms with Crippen molar-refractivity contribution in [3.05, 3.63) is 12.3 Å². The minimum Gasteiger partial charge on any atom is -0.462 e. The van der Waals surface area contributed by atoms with Gasteiger partial charge in [-0.15, -0.1) is 0 Å². The molecular weight excluding hydrogens is 106 g/mol. The maximum absolute atomic E-state index is 5.05. The first kappa shape index (κ1) is 5.11. The molecule has 0 unspecified atom stereocenters. The van der Waals surface area contributed by atoms with Gasteiger partial charge >= 0.3 is 0 Å². The summed E-state index contributed by atoms with van der Waals surface area (Å²) in [6.07, 6.45) is 1.60. The third-order valence-electron chi connectivity index (χ3n) is 0.714. The Bertz CT molecular complexity index is 137. The first-order chi connectivity index (χ1) is 3.93. The van der Waals surface area contributed by atoms with Crippen LogP contribution in [0.5, 0.6) is 5.88 Å². The van der Waals surface area contributed by atoms with Gasteiger partial charge in [-0.25, -0.2) is 5.10 Å². The van der Waals surface area contributed by atoms with Gasteiger partial charge < -0.3 is 4.74 Å². The predicted octanol–water partition coefficient (Wildman–Crippen LogP) is -0.295. The van der Waals surface area contributed by atoms with Gasteiger partial charge in [0.1, 0.15) is 6.73 Å². The van der Waals surface area contributed by atoms with Crippen LogP contribution in [0.1, 0.15) is 0 Å². The Hall–Kier alpha value is -1.03. The number of aromatic nitrogens is 2. The number of hydrogen-bond acceptors (Lipinski definition) is 3. The van der Waals surface area contributed by atoms with Crippen LogP contribution in [-0.4, -0.2) is 16.9 Å². The molecule has 0 atom stereocenters. The van der Waals surface area contributed by atoms with Gasteiger partial charge in [-0.05, 0) is 0 Å². The first-order valence-electron chi connectivity index (χ1n) is 2.25. The van der Waals surface area contributed by atoms with E-state index in [2.05, 4.69) is 10.2 Å². The molecule has 1 heterocycles. The lowest BCUT2D eigenvalue weighted by atomic mass is 10.7. The molecule has 0 amide bonds. The summed E-state index contributed by atoms with van der Waals surface area (Å²) in [6, 6.07) is 1.70. The lowest BCUT2D eigenvalue weighted by molar-refractivity contribution is 0.316. The second-order valence-corrected chi connectivity index (χ2v) is 1.23. The topological polar surface area (TPSA) is 63.9 Å². The highest BCUT2D eigenvalue weighted by molar-refractivity contribution is 5.03. The van der Waals surface area contributed by atoms with E-state index in [0.717, 1.165) is 0 Å². The number of nitrogens with one attached hydrogen (secondary N) is 1. The summed E-state index contributed by atoms with van der Waals surface area (Å²) < 4.78 is 4.81. The molecule has 0 aromatic carbocycles. The summed E-state index contributed by atoms with van der Waals surface area (Å²) in [7, 11) is 0. The minimum absolute atomic E-state index is 0.183. The monoisotopic (exact) mass is 113 g/mol. The molecule has 1 rings (SSSR count).